The summed E-state index contributed by atoms with van der Waals surface area (Å²) >= 11 is 1.63. The van der Waals surface area contributed by atoms with E-state index in [1.807, 2.05) is 30.3 Å². The summed E-state index contributed by atoms with van der Waals surface area (Å²) in [6, 6.07) is 9.62. The van der Waals surface area contributed by atoms with Crippen LogP contribution < -0.4 is 4.90 Å². The van der Waals surface area contributed by atoms with Gasteiger partial charge in [0.2, 0.25) is 5.91 Å². The largest absolute Gasteiger partial charge is 0.274 e. The van der Waals surface area contributed by atoms with Crippen LogP contribution in [0.5, 0.6) is 0 Å². The summed E-state index contributed by atoms with van der Waals surface area (Å²) in [4.78, 5) is 17.5. The van der Waals surface area contributed by atoms with Gasteiger partial charge >= 0.3 is 0 Å². The minimum absolute atomic E-state index is 0.00866. The monoisotopic (exact) mass is 220 g/mol. The zero-order valence-electron chi connectivity index (χ0n) is 8.51. The summed E-state index contributed by atoms with van der Waals surface area (Å²) in [5.74, 6) is 0.973. The molecule has 78 valence electrons. The van der Waals surface area contributed by atoms with Crippen molar-refractivity contribution in [2.75, 3.05) is 17.2 Å². The summed E-state index contributed by atoms with van der Waals surface area (Å²) in [5.41, 5.74) is 0.887. The normalized spacial score (nSPS) is 14.9. The first-order valence-electron chi connectivity index (χ1n) is 4.82. The fourth-order valence-corrected chi connectivity index (χ4v) is 2.37. The van der Waals surface area contributed by atoms with Crippen molar-refractivity contribution in [2.45, 2.75) is 6.92 Å². The molecule has 4 heteroatoms. The molecule has 2 rings (SSSR count). The third-order valence-electron chi connectivity index (χ3n) is 2.09. The number of hydrogen-bond donors (Lipinski definition) is 0. The quantitative estimate of drug-likeness (QED) is 0.726. The Kier molecular flexibility index (Phi) is 3.06. The minimum atomic E-state index is 0.00866. The molecule has 0 spiro atoms. The number of para-hydroxylation sites is 1. The van der Waals surface area contributed by atoms with E-state index in [2.05, 4.69) is 4.99 Å². The number of amidine groups is 1. The fraction of sp³-hybridized carbons (Fsp3) is 0.273. The van der Waals surface area contributed by atoms with E-state index in [1.54, 1.807) is 23.6 Å². The van der Waals surface area contributed by atoms with Gasteiger partial charge in [-0.2, -0.15) is 0 Å². The van der Waals surface area contributed by atoms with E-state index < -0.39 is 0 Å². The van der Waals surface area contributed by atoms with Gasteiger partial charge < -0.3 is 0 Å². The van der Waals surface area contributed by atoms with E-state index in [0.717, 1.165) is 23.2 Å². The average molecular weight is 220 g/mol. The topological polar surface area (TPSA) is 32.7 Å². The van der Waals surface area contributed by atoms with Crippen molar-refractivity contribution < 1.29 is 4.79 Å². The third-order valence-corrected chi connectivity index (χ3v) is 3.05. The second kappa shape index (κ2) is 4.49. The zero-order chi connectivity index (χ0) is 10.7. The molecule has 0 unspecified atom stereocenters. The highest BCUT2D eigenvalue weighted by Crippen LogP contribution is 2.22. The highest BCUT2D eigenvalue weighted by Gasteiger charge is 2.20. The van der Waals surface area contributed by atoms with Crippen LogP contribution in [0.1, 0.15) is 6.92 Å². The van der Waals surface area contributed by atoms with E-state index in [1.165, 1.54) is 0 Å². The van der Waals surface area contributed by atoms with Crippen LogP contribution in [0, 0.1) is 0 Å². The van der Waals surface area contributed by atoms with Crippen LogP contribution in [0.15, 0.2) is 35.3 Å². The molecule has 0 saturated carbocycles. The van der Waals surface area contributed by atoms with Crippen LogP contribution in [0.25, 0.3) is 0 Å². The van der Waals surface area contributed by atoms with Gasteiger partial charge in [-0.05, 0) is 12.1 Å². The van der Waals surface area contributed by atoms with E-state index >= 15 is 0 Å². The maximum atomic E-state index is 11.6. The van der Waals surface area contributed by atoms with Gasteiger partial charge in [-0.15, -0.1) is 0 Å². The Balaban J connectivity index is 2.32. The first-order chi connectivity index (χ1) is 7.29. The van der Waals surface area contributed by atoms with Crippen molar-refractivity contribution in [3.05, 3.63) is 30.3 Å². The van der Waals surface area contributed by atoms with Crippen molar-refractivity contribution in [2.24, 2.45) is 4.99 Å². The Morgan fingerprint density at radius 2 is 2.13 bits per heavy atom. The minimum Gasteiger partial charge on any atom is -0.274 e. The second-order valence-corrected chi connectivity index (χ2v) is 4.26. The van der Waals surface area contributed by atoms with Crippen LogP contribution in [0.4, 0.5) is 5.69 Å². The zero-order valence-corrected chi connectivity index (χ0v) is 9.33. The van der Waals surface area contributed by atoms with Crippen LogP contribution >= 0.6 is 11.8 Å². The summed E-state index contributed by atoms with van der Waals surface area (Å²) in [6.07, 6.45) is 0. The first kappa shape index (κ1) is 10.2. The van der Waals surface area contributed by atoms with Gasteiger partial charge in [0.25, 0.3) is 0 Å². The Morgan fingerprint density at radius 1 is 1.40 bits per heavy atom. The van der Waals surface area contributed by atoms with Crippen LogP contribution in [0.2, 0.25) is 0 Å². The smallest absolute Gasteiger partial charge is 0.230 e. The van der Waals surface area contributed by atoms with Crippen molar-refractivity contribution in [1.82, 2.24) is 0 Å². The van der Waals surface area contributed by atoms with Gasteiger partial charge in [0.05, 0.1) is 12.2 Å². The van der Waals surface area contributed by atoms with Gasteiger partial charge in [-0.25, -0.2) is 0 Å². The summed E-state index contributed by atoms with van der Waals surface area (Å²) in [6.45, 7) is 2.37. The molecule has 0 aliphatic carbocycles. The number of anilines is 1. The average Bonchev–Trinajstić information content (AvgIpc) is 2.72. The number of thioether (sulfide) groups is 1. The first-order valence-corrected chi connectivity index (χ1v) is 5.80. The van der Waals surface area contributed by atoms with Gasteiger partial charge in [-0.1, -0.05) is 30.0 Å². The Labute approximate surface area is 93.2 Å². The van der Waals surface area contributed by atoms with Crippen molar-refractivity contribution in [3.8, 4) is 0 Å². The molecule has 1 amide bonds. The maximum Gasteiger partial charge on any atom is 0.230 e. The molecule has 0 atom stereocenters. The molecule has 0 aromatic heterocycles. The van der Waals surface area contributed by atoms with E-state index in [0.29, 0.717) is 0 Å². The molecule has 3 nitrogen and oxygen atoms in total. The van der Waals surface area contributed by atoms with Gasteiger partial charge in [0.15, 0.2) is 5.17 Å². The predicted molar refractivity (Wildman–Crippen MR) is 64.4 cm³/mol. The molecule has 1 aromatic rings. The number of benzene rings is 1. The Bertz CT molecular complexity index is 389. The van der Waals surface area contributed by atoms with Crippen molar-refractivity contribution in [1.29, 1.82) is 0 Å². The predicted octanol–water partition coefficient (Wildman–Crippen LogP) is 2.14. The Morgan fingerprint density at radius 3 is 2.67 bits per heavy atom. The SMILES string of the molecule is CC(=O)N(C1=NCCS1)c1ccccc1. The van der Waals surface area contributed by atoms with Gasteiger partial charge in [-0.3, -0.25) is 14.7 Å². The van der Waals surface area contributed by atoms with Crippen molar-refractivity contribution in [3.63, 3.8) is 0 Å². The number of hydrogen-bond acceptors (Lipinski definition) is 3. The molecule has 1 aliphatic heterocycles. The highest BCUT2D eigenvalue weighted by molar-refractivity contribution is 8.14. The molecular weight excluding hydrogens is 208 g/mol. The summed E-state index contributed by atoms with van der Waals surface area (Å²) in [5, 5.41) is 0.814. The number of aliphatic imine (C=N–C) groups is 1. The molecule has 1 aromatic carbocycles. The summed E-state index contributed by atoms with van der Waals surface area (Å²) in [7, 11) is 0. The maximum absolute atomic E-state index is 11.6. The lowest BCUT2D eigenvalue weighted by Crippen LogP contribution is -2.32. The number of rotatable bonds is 1. The highest BCUT2D eigenvalue weighted by atomic mass is 32.2. The molecule has 0 N–H and O–H groups in total. The summed E-state index contributed by atoms with van der Waals surface area (Å²) < 4.78 is 0. The number of amides is 1. The van der Waals surface area contributed by atoms with Crippen LogP contribution in [-0.2, 0) is 4.79 Å². The van der Waals surface area contributed by atoms with E-state index in [4.69, 9.17) is 0 Å². The standard InChI is InChI=1S/C11H12N2OS/c1-9(14)13(11-12-7-8-15-11)10-5-3-2-4-6-10/h2-6H,7-8H2,1H3. The number of nitrogens with zero attached hydrogens (tertiary/aromatic N) is 2. The number of carbonyl (C=O) groups excluding carboxylic acids is 1. The van der Waals surface area contributed by atoms with E-state index in [-0.39, 0.29) is 5.91 Å². The fourth-order valence-electron chi connectivity index (χ4n) is 1.46. The lowest BCUT2D eigenvalue weighted by atomic mass is 10.3. The lowest BCUT2D eigenvalue weighted by Gasteiger charge is -2.19. The van der Waals surface area contributed by atoms with Crippen LogP contribution in [0.3, 0.4) is 0 Å². The van der Waals surface area contributed by atoms with Crippen molar-refractivity contribution >= 4 is 28.5 Å². The molecule has 0 saturated heterocycles. The molecule has 0 bridgehead atoms. The van der Waals surface area contributed by atoms with E-state index in [9.17, 15) is 4.79 Å². The molecule has 1 aliphatic rings. The van der Waals surface area contributed by atoms with Gasteiger partial charge in [0.1, 0.15) is 0 Å². The Hall–Kier alpha value is -1.29. The molecule has 1 heterocycles. The molecular formula is C11H12N2OS. The third kappa shape index (κ3) is 2.21. The van der Waals surface area contributed by atoms with Gasteiger partial charge in [0, 0.05) is 12.7 Å². The molecule has 15 heavy (non-hydrogen) atoms. The number of carbonyl (C=O) groups is 1. The lowest BCUT2D eigenvalue weighted by molar-refractivity contribution is -0.115. The van der Waals surface area contributed by atoms with Crippen LogP contribution in [-0.4, -0.2) is 23.4 Å². The molecule has 0 radical (unpaired) electrons. The molecule has 0 fully saturated rings. The second-order valence-electron chi connectivity index (χ2n) is 3.20.